The van der Waals surface area contributed by atoms with Crippen LogP contribution in [-0.4, -0.2) is 55.7 Å². The molecule has 1 fully saturated rings. The molecule has 1 amide bonds. The number of rotatable bonds is 8. The number of guanidine groups is 1. The van der Waals surface area contributed by atoms with E-state index in [9.17, 15) is 18.0 Å². The van der Waals surface area contributed by atoms with Crippen LogP contribution in [-0.2, 0) is 11.3 Å². The van der Waals surface area contributed by atoms with E-state index in [0.29, 0.717) is 31.0 Å². The van der Waals surface area contributed by atoms with Gasteiger partial charge < -0.3 is 20.3 Å². The Morgan fingerprint density at radius 3 is 2.62 bits per heavy atom. The number of likely N-dealkylation sites (tertiary alicyclic amines) is 1. The van der Waals surface area contributed by atoms with E-state index in [-0.39, 0.29) is 18.2 Å². The fraction of sp³-hybridized carbons (Fsp3) is 0.600. The lowest BCUT2D eigenvalue weighted by Crippen LogP contribution is -2.39. The first kappa shape index (κ1) is 22.8. The average molecular weight is 414 g/mol. The molecule has 1 aromatic rings. The monoisotopic (exact) mass is 414 g/mol. The lowest BCUT2D eigenvalue weighted by atomic mass is 10.1. The van der Waals surface area contributed by atoms with Gasteiger partial charge in [-0.3, -0.25) is 4.79 Å². The van der Waals surface area contributed by atoms with Crippen LogP contribution in [0.4, 0.5) is 13.2 Å². The van der Waals surface area contributed by atoms with Crippen LogP contribution in [0.3, 0.4) is 0 Å². The molecule has 1 aliphatic heterocycles. The minimum absolute atomic E-state index is 0.118. The first-order valence-electron chi connectivity index (χ1n) is 9.87. The van der Waals surface area contributed by atoms with E-state index in [0.717, 1.165) is 31.5 Å². The maximum Gasteiger partial charge on any atom is 0.422 e. The van der Waals surface area contributed by atoms with Crippen LogP contribution in [0.25, 0.3) is 0 Å². The number of halogens is 3. The summed E-state index contributed by atoms with van der Waals surface area (Å²) in [5.74, 6) is 0.794. The van der Waals surface area contributed by atoms with E-state index in [4.69, 9.17) is 4.74 Å². The molecule has 29 heavy (non-hydrogen) atoms. The molecule has 2 rings (SSSR count). The van der Waals surface area contributed by atoms with Crippen molar-refractivity contribution in [1.29, 1.82) is 0 Å². The molecule has 162 valence electrons. The summed E-state index contributed by atoms with van der Waals surface area (Å²) in [6.07, 6.45) is -1.92. The van der Waals surface area contributed by atoms with Crippen LogP contribution in [0.5, 0.6) is 5.75 Å². The summed E-state index contributed by atoms with van der Waals surface area (Å²) in [6, 6.07) is 5.09. The molecule has 1 aliphatic rings. The predicted molar refractivity (Wildman–Crippen MR) is 106 cm³/mol. The minimum Gasteiger partial charge on any atom is -0.484 e. The lowest BCUT2D eigenvalue weighted by Gasteiger charge is -2.16. The third-order valence-corrected chi connectivity index (χ3v) is 4.46. The summed E-state index contributed by atoms with van der Waals surface area (Å²) in [7, 11) is 0. The van der Waals surface area contributed by atoms with Crippen LogP contribution in [0.2, 0.25) is 0 Å². The number of amides is 1. The van der Waals surface area contributed by atoms with Crippen LogP contribution in [0.1, 0.15) is 37.3 Å². The number of aliphatic imine (C=N–C) groups is 1. The van der Waals surface area contributed by atoms with E-state index in [1.54, 1.807) is 25.1 Å². The summed E-state index contributed by atoms with van der Waals surface area (Å²) in [6.45, 7) is 5.21. The fourth-order valence-corrected chi connectivity index (χ4v) is 3.00. The molecule has 0 saturated carbocycles. The van der Waals surface area contributed by atoms with Crippen LogP contribution < -0.4 is 15.4 Å². The Morgan fingerprint density at radius 1 is 1.24 bits per heavy atom. The molecular formula is C20H29F3N4O2. The summed E-state index contributed by atoms with van der Waals surface area (Å²) in [5, 5.41) is 6.18. The number of ether oxygens (including phenoxy) is 1. The maximum absolute atomic E-state index is 12.5. The van der Waals surface area contributed by atoms with Gasteiger partial charge in [-0.05, 0) is 38.3 Å². The van der Waals surface area contributed by atoms with E-state index in [2.05, 4.69) is 15.6 Å². The van der Waals surface area contributed by atoms with Gasteiger partial charge in [0.25, 0.3) is 0 Å². The van der Waals surface area contributed by atoms with Gasteiger partial charge in [0.1, 0.15) is 5.75 Å². The van der Waals surface area contributed by atoms with Gasteiger partial charge in [0.15, 0.2) is 12.6 Å². The Kier molecular flexibility index (Phi) is 8.60. The zero-order valence-corrected chi connectivity index (χ0v) is 16.9. The first-order valence-corrected chi connectivity index (χ1v) is 9.87. The number of alkyl halides is 3. The van der Waals surface area contributed by atoms with E-state index < -0.39 is 12.8 Å². The highest BCUT2D eigenvalue weighted by atomic mass is 19.4. The lowest BCUT2D eigenvalue weighted by molar-refractivity contribution is -0.153. The molecule has 0 aromatic heterocycles. The molecular weight excluding hydrogens is 385 g/mol. The second-order valence-electron chi connectivity index (χ2n) is 6.97. The number of benzene rings is 1. The van der Waals surface area contributed by atoms with Crippen LogP contribution >= 0.6 is 0 Å². The quantitative estimate of drug-likeness (QED) is 0.507. The first-order chi connectivity index (χ1) is 13.8. The zero-order valence-electron chi connectivity index (χ0n) is 16.9. The second kappa shape index (κ2) is 10.9. The van der Waals surface area contributed by atoms with Crippen molar-refractivity contribution in [3.63, 3.8) is 0 Å². The molecule has 0 radical (unpaired) electrons. The summed E-state index contributed by atoms with van der Waals surface area (Å²) in [4.78, 5) is 18.4. The van der Waals surface area contributed by atoms with Gasteiger partial charge in [-0.2, -0.15) is 13.2 Å². The molecule has 1 heterocycles. The molecule has 6 nitrogen and oxygen atoms in total. The summed E-state index contributed by atoms with van der Waals surface area (Å²) >= 11 is 0. The van der Waals surface area contributed by atoms with Crippen molar-refractivity contribution in [2.24, 2.45) is 4.99 Å². The van der Waals surface area contributed by atoms with E-state index in [1.165, 1.54) is 0 Å². The predicted octanol–water partition coefficient (Wildman–Crippen LogP) is 3.00. The van der Waals surface area contributed by atoms with Crippen molar-refractivity contribution < 1.29 is 22.7 Å². The van der Waals surface area contributed by atoms with Gasteiger partial charge in [0.05, 0.1) is 6.54 Å². The minimum atomic E-state index is -4.40. The number of nitrogens with one attached hydrogen (secondary N) is 2. The molecule has 0 atom stereocenters. The van der Waals surface area contributed by atoms with E-state index in [1.807, 2.05) is 11.8 Å². The van der Waals surface area contributed by atoms with Gasteiger partial charge in [-0.1, -0.05) is 12.1 Å². The molecule has 0 spiro atoms. The standard InChI is InChI=1S/C20H29F3N4O2/c1-3-24-19(25-9-8-18(28)27-10-4-5-11-27)26-13-16-7-6-15(2)12-17(16)29-14-20(21,22)23/h6-7,12H,3-5,8-11,13-14H2,1-2H3,(H2,24,25,26). The number of nitrogens with zero attached hydrogens (tertiary/aromatic N) is 2. The smallest absolute Gasteiger partial charge is 0.422 e. The van der Waals surface area contributed by atoms with Crippen molar-refractivity contribution in [3.8, 4) is 5.75 Å². The SMILES string of the molecule is CCNC(=NCc1ccc(C)cc1OCC(F)(F)F)NCCC(=O)N1CCCC1. The largest absolute Gasteiger partial charge is 0.484 e. The van der Waals surface area contributed by atoms with Crippen molar-refractivity contribution in [3.05, 3.63) is 29.3 Å². The molecule has 2 N–H and O–H groups in total. The Balaban J connectivity index is 1.95. The fourth-order valence-electron chi connectivity index (χ4n) is 3.00. The molecule has 9 heteroatoms. The summed E-state index contributed by atoms with van der Waals surface area (Å²) in [5.41, 5.74) is 1.37. The van der Waals surface area contributed by atoms with Gasteiger partial charge in [0.2, 0.25) is 5.91 Å². The number of hydrogen-bond acceptors (Lipinski definition) is 3. The number of carbonyl (C=O) groups excluding carboxylic acids is 1. The van der Waals surface area contributed by atoms with Gasteiger partial charge in [-0.25, -0.2) is 4.99 Å². The topological polar surface area (TPSA) is 66.0 Å². The third kappa shape index (κ3) is 8.21. The van der Waals surface area contributed by atoms with Crippen molar-refractivity contribution >= 4 is 11.9 Å². The number of carbonyl (C=O) groups is 1. The highest BCUT2D eigenvalue weighted by Crippen LogP contribution is 2.24. The molecule has 0 bridgehead atoms. The average Bonchev–Trinajstić information content (AvgIpc) is 3.19. The summed E-state index contributed by atoms with van der Waals surface area (Å²) < 4.78 is 42.5. The normalized spacial score (nSPS) is 14.8. The van der Waals surface area contributed by atoms with Crippen molar-refractivity contribution in [1.82, 2.24) is 15.5 Å². The van der Waals surface area contributed by atoms with Gasteiger partial charge in [0, 0.05) is 38.2 Å². The Bertz CT molecular complexity index is 701. The second-order valence-corrected chi connectivity index (χ2v) is 6.97. The molecule has 1 saturated heterocycles. The molecule has 0 aliphatic carbocycles. The van der Waals surface area contributed by atoms with Crippen molar-refractivity contribution in [2.75, 3.05) is 32.8 Å². The molecule has 0 unspecified atom stereocenters. The zero-order chi connectivity index (χ0) is 21.3. The molecule has 1 aromatic carbocycles. The third-order valence-electron chi connectivity index (χ3n) is 4.46. The highest BCUT2D eigenvalue weighted by Gasteiger charge is 2.28. The van der Waals surface area contributed by atoms with Crippen molar-refractivity contribution in [2.45, 2.75) is 45.8 Å². The van der Waals surface area contributed by atoms with Crippen LogP contribution in [0, 0.1) is 6.92 Å². The van der Waals surface area contributed by atoms with E-state index >= 15 is 0 Å². The van der Waals surface area contributed by atoms with Gasteiger partial charge >= 0.3 is 6.18 Å². The van der Waals surface area contributed by atoms with Crippen LogP contribution in [0.15, 0.2) is 23.2 Å². The number of hydrogen-bond donors (Lipinski definition) is 2. The maximum atomic E-state index is 12.5. The Labute approximate surface area is 169 Å². The Hall–Kier alpha value is -2.45. The number of aryl methyl sites for hydroxylation is 1. The van der Waals surface area contributed by atoms with Gasteiger partial charge in [-0.15, -0.1) is 0 Å². The Morgan fingerprint density at radius 2 is 1.97 bits per heavy atom. The highest BCUT2D eigenvalue weighted by molar-refractivity contribution is 5.81.